The highest BCUT2D eigenvalue weighted by atomic mass is 16.4. The average Bonchev–Trinajstić information content (AvgIpc) is 2.82. The standard InChI is InChI=1S/C16H22N2O/c1-12-10-18-15(19-12)11-17-13(2)16(3,4)14-8-6-5-7-9-14/h5-10,13,17H,11H2,1-4H3/t13-/m0/s1. The molecule has 0 bridgehead atoms. The van der Waals surface area contributed by atoms with Crippen LogP contribution >= 0.6 is 0 Å². The van der Waals surface area contributed by atoms with Gasteiger partial charge in [-0.05, 0) is 19.4 Å². The molecule has 3 heteroatoms. The third-order valence-electron chi connectivity index (χ3n) is 3.83. The Labute approximate surface area is 115 Å². The van der Waals surface area contributed by atoms with Crippen LogP contribution in [-0.4, -0.2) is 11.0 Å². The molecule has 0 aliphatic heterocycles. The minimum Gasteiger partial charge on any atom is -0.445 e. The summed E-state index contributed by atoms with van der Waals surface area (Å²) in [5.41, 5.74) is 1.39. The summed E-state index contributed by atoms with van der Waals surface area (Å²) in [5, 5.41) is 3.49. The van der Waals surface area contributed by atoms with Crippen LogP contribution in [0, 0.1) is 6.92 Å². The molecule has 2 rings (SSSR count). The third-order valence-corrected chi connectivity index (χ3v) is 3.83. The second-order valence-corrected chi connectivity index (χ2v) is 5.55. The second kappa shape index (κ2) is 5.57. The Kier molecular flexibility index (Phi) is 4.05. The van der Waals surface area contributed by atoms with Crippen LogP contribution in [0.3, 0.4) is 0 Å². The summed E-state index contributed by atoms with van der Waals surface area (Å²) in [6.45, 7) is 9.27. The number of oxazole rings is 1. The molecular formula is C16H22N2O. The van der Waals surface area contributed by atoms with Gasteiger partial charge in [0, 0.05) is 11.5 Å². The Bertz CT molecular complexity index is 517. The fourth-order valence-electron chi connectivity index (χ4n) is 2.10. The third kappa shape index (κ3) is 3.24. The lowest BCUT2D eigenvalue weighted by molar-refractivity contribution is 0.340. The van der Waals surface area contributed by atoms with Crippen molar-refractivity contribution in [3.63, 3.8) is 0 Å². The van der Waals surface area contributed by atoms with E-state index < -0.39 is 0 Å². The SMILES string of the molecule is Cc1cnc(CN[C@@H](C)C(C)(C)c2ccccc2)o1. The molecule has 2 aromatic rings. The van der Waals surface area contributed by atoms with Crippen molar-refractivity contribution < 1.29 is 4.42 Å². The zero-order valence-corrected chi connectivity index (χ0v) is 12.1. The van der Waals surface area contributed by atoms with Crippen LogP contribution in [0.25, 0.3) is 0 Å². The van der Waals surface area contributed by atoms with Gasteiger partial charge in [-0.1, -0.05) is 44.2 Å². The highest BCUT2D eigenvalue weighted by Gasteiger charge is 2.27. The Morgan fingerprint density at radius 2 is 1.95 bits per heavy atom. The number of aryl methyl sites for hydroxylation is 1. The number of aromatic nitrogens is 1. The lowest BCUT2D eigenvalue weighted by atomic mass is 9.78. The number of nitrogens with zero attached hydrogens (tertiary/aromatic N) is 1. The lowest BCUT2D eigenvalue weighted by Gasteiger charge is -2.33. The highest BCUT2D eigenvalue weighted by Crippen LogP contribution is 2.26. The quantitative estimate of drug-likeness (QED) is 0.892. The largest absolute Gasteiger partial charge is 0.445 e. The van der Waals surface area contributed by atoms with E-state index in [2.05, 4.69) is 55.3 Å². The van der Waals surface area contributed by atoms with Crippen molar-refractivity contribution in [1.82, 2.24) is 10.3 Å². The topological polar surface area (TPSA) is 38.1 Å². The molecule has 0 aliphatic rings. The first-order valence-corrected chi connectivity index (χ1v) is 6.70. The predicted molar refractivity (Wildman–Crippen MR) is 77.0 cm³/mol. The predicted octanol–water partition coefficient (Wildman–Crippen LogP) is 3.44. The zero-order chi connectivity index (χ0) is 13.9. The summed E-state index contributed by atoms with van der Waals surface area (Å²) in [6.07, 6.45) is 1.75. The van der Waals surface area contributed by atoms with Gasteiger partial charge in [0.15, 0.2) is 0 Å². The number of nitrogens with one attached hydrogen (secondary N) is 1. The van der Waals surface area contributed by atoms with Crippen LogP contribution in [0.2, 0.25) is 0 Å². The van der Waals surface area contributed by atoms with Crippen LogP contribution in [0.1, 0.15) is 38.0 Å². The van der Waals surface area contributed by atoms with E-state index in [4.69, 9.17) is 4.42 Å². The molecule has 1 aromatic carbocycles. The first-order valence-electron chi connectivity index (χ1n) is 6.70. The van der Waals surface area contributed by atoms with Crippen LogP contribution in [-0.2, 0) is 12.0 Å². The van der Waals surface area contributed by atoms with Crippen molar-refractivity contribution in [2.45, 2.75) is 45.7 Å². The molecular weight excluding hydrogens is 236 g/mol. The first kappa shape index (κ1) is 13.8. The van der Waals surface area contributed by atoms with E-state index >= 15 is 0 Å². The van der Waals surface area contributed by atoms with Crippen LogP contribution < -0.4 is 5.32 Å². The van der Waals surface area contributed by atoms with Crippen molar-refractivity contribution in [2.75, 3.05) is 0 Å². The van der Waals surface area contributed by atoms with Gasteiger partial charge in [-0.2, -0.15) is 0 Å². The summed E-state index contributed by atoms with van der Waals surface area (Å²) in [7, 11) is 0. The molecule has 0 aliphatic carbocycles. The highest BCUT2D eigenvalue weighted by molar-refractivity contribution is 5.25. The van der Waals surface area contributed by atoms with Crippen molar-refractivity contribution in [3.8, 4) is 0 Å². The van der Waals surface area contributed by atoms with Gasteiger partial charge < -0.3 is 9.73 Å². The molecule has 0 radical (unpaired) electrons. The number of hydrogen-bond acceptors (Lipinski definition) is 3. The maximum absolute atomic E-state index is 5.48. The van der Waals surface area contributed by atoms with E-state index in [-0.39, 0.29) is 5.41 Å². The molecule has 0 saturated carbocycles. The van der Waals surface area contributed by atoms with Crippen molar-refractivity contribution in [1.29, 1.82) is 0 Å². The molecule has 0 amide bonds. The molecule has 1 atom stereocenters. The van der Waals surface area contributed by atoms with Gasteiger partial charge in [0.25, 0.3) is 0 Å². The Hall–Kier alpha value is -1.61. The first-order chi connectivity index (χ1) is 9.00. The summed E-state index contributed by atoms with van der Waals surface area (Å²) in [5.74, 6) is 1.60. The Balaban J connectivity index is 2.01. The van der Waals surface area contributed by atoms with Crippen LogP contribution in [0.15, 0.2) is 40.9 Å². The van der Waals surface area contributed by atoms with E-state index in [1.807, 2.05) is 13.0 Å². The van der Waals surface area contributed by atoms with Gasteiger partial charge in [-0.25, -0.2) is 4.98 Å². The maximum atomic E-state index is 5.48. The molecule has 3 nitrogen and oxygen atoms in total. The van der Waals surface area contributed by atoms with E-state index in [1.54, 1.807) is 6.20 Å². The summed E-state index contributed by atoms with van der Waals surface area (Å²) in [6, 6.07) is 10.9. The van der Waals surface area contributed by atoms with Gasteiger partial charge in [0.1, 0.15) is 5.76 Å². The molecule has 0 unspecified atom stereocenters. The van der Waals surface area contributed by atoms with Crippen LogP contribution in [0.5, 0.6) is 0 Å². The number of rotatable bonds is 5. The molecule has 102 valence electrons. The second-order valence-electron chi connectivity index (χ2n) is 5.55. The minimum absolute atomic E-state index is 0.0584. The molecule has 0 spiro atoms. The fraction of sp³-hybridized carbons (Fsp3) is 0.438. The monoisotopic (exact) mass is 258 g/mol. The van der Waals surface area contributed by atoms with Crippen LogP contribution in [0.4, 0.5) is 0 Å². The fourth-order valence-corrected chi connectivity index (χ4v) is 2.10. The average molecular weight is 258 g/mol. The maximum Gasteiger partial charge on any atom is 0.208 e. The lowest BCUT2D eigenvalue weighted by Crippen LogP contribution is -2.42. The smallest absolute Gasteiger partial charge is 0.208 e. The van der Waals surface area contributed by atoms with Crippen molar-refractivity contribution in [2.24, 2.45) is 0 Å². The normalized spacial score (nSPS) is 13.5. The summed E-state index contributed by atoms with van der Waals surface area (Å²) in [4.78, 5) is 4.21. The Morgan fingerprint density at radius 1 is 1.26 bits per heavy atom. The van der Waals surface area contributed by atoms with E-state index in [1.165, 1.54) is 5.56 Å². The van der Waals surface area contributed by atoms with Gasteiger partial charge in [-0.15, -0.1) is 0 Å². The van der Waals surface area contributed by atoms with E-state index in [0.29, 0.717) is 12.6 Å². The van der Waals surface area contributed by atoms with E-state index in [0.717, 1.165) is 11.7 Å². The molecule has 0 fully saturated rings. The van der Waals surface area contributed by atoms with Gasteiger partial charge in [-0.3, -0.25) is 0 Å². The van der Waals surface area contributed by atoms with Crippen molar-refractivity contribution in [3.05, 3.63) is 53.7 Å². The Morgan fingerprint density at radius 3 is 2.53 bits per heavy atom. The van der Waals surface area contributed by atoms with E-state index in [9.17, 15) is 0 Å². The summed E-state index contributed by atoms with van der Waals surface area (Å²) >= 11 is 0. The molecule has 1 N–H and O–H groups in total. The number of benzene rings is 1. The number of hydrogen-bond donors (Lipinski definition) is 1. The molecule has 19 heavy (non-hydrogen) atoms. The minimum atomic E-state index is 0.0584. The molecule has 0 saturated heterocycles. The summed E-state index contributed by atoms with van der Waals surface area (Å²) < 4.78 is 5.48. The van der Waals surface area contributed by atoms with Gasteiger partial charge >= 0.3 is 0 Å². The molecule has 1 heterocycles. The van der Waals surface area contributed by atoms with Gasteiger partial charge in [0.2, 0.25) is 5.89 Å². The van der Waals surface area contributed by atoms with Gasteiger partial charge in [0.05, 0.1) is 12.7 Å². The van der Waals surface area contributed by atoms with Crippen molar-refractivity contribution >= 4 is 0 Å². The zero-order valence-electron chi connectivity index (χ0n) is 12.1. The molecule has 1 aromatic heterocycles.